The summed E-state index contributed by atoms with van der Waals surface area (Å²) in [6.07, 6.45) is 0. The Labute approximate surface area is 212 Å². The Bertz CT molecular complexity index is 1420. The number of halogens is 2. The predicted octanol–water partition coefficient (Wildman–Crippen LogP) is 5.32. The van der Waals surface area contributed by atoms with Crippen molar-refractivity contribution in [3.63, 3.8) is 0 Å². The standard InChI is InChI=1S/C28H25F2NO6/c1-5-37-23-13-16(7-11-22(23)36-4)25-24(26(32)18-12-15(2)6-10-21(18)35-3)27(33)28(34)31(25)20-9-8-17(29)14-19(20)30/h6-14,25,32H,5H2,1-4H3/b26-24+. The number of methoxy groups -OCH3 is 2. The third kappa shape index (κ3) is 4.60. The highest BCUT2D eigenvalue weighted by Gasteiger charge is 2.48. The van der Waals surface area contributed by atoms with Gasteiger partial charge >= 0.3 is 0 Å². The molecule has 37 heavy (non-hydrogen) atoms. The Kier molecular flexibility index (Phi) is 7.15. The molecule has 1 atom stereocenters. The third-order valence-corrected chi connectivity index (χ3v) is 6.03. The van der Waals surface area contributed by atoms with Gasteiger partial charge in [-0.2, -0.15) is 0 Å². The number of anilines is 1. The number of rotatable bonds is 7. The van der Waals surface area contributed by atoms with E-state index in [-0.39, 0.29) is 22.6 Å². The van der Waals surface area contributed by atoms with Crippen LogP contribution in [0, 0.1) is 18.6 Å². The quantitative estimate of drug-likeness (QED) is 0.264. The summed E-state index contributed by atoms with van der Waals surface area (Å²) in [7, 11) is 2.87. The zero-order valence-corrected chi connectivity index (χ0v) is 20.7. The van der Waals surface area contributed by atoms with E-state index in [1.54, 1.807) is 50.2 Å². The molecule has 3 aromatic rings. The van der Waals surface area contributed by atoms with Gasteiger partial charge in [-0.1, -0.05) is 17.7 Å². The summed E-state index contributed by atoms with van der Waals surface area (Å²) >= 11 is 0. The number of Topliss-reactive ketones (excluding diaryl/α,β-unsaturated/α-hetero) is 1. The molecule has 1 fully saturated rings. The van der Waals surface area contributed by atoms with E-state index in [2.05, 4.69) is 0 Å². The molecule has 1 N–H and O–H groups in total. The van der Waals surface area contributed by atoms with E-state index in [4.69, 9.17) is 14.2 Å². The number of nitrogens with zero attached hydrogens (tertiary/aromatic N) is 1. The first-order chi connectivity index (χ1) is 17.7. The molecule has 0 aromatic heterocycles. The molecule has 3 aromatic carbocycles. The first-order valence-corrected chi connectivity index (χ1v) is 11.4. The van der Waals surface area contributed by atoms with Crippen LogP contribution in [0.2, 0.25) is 0 Å². The fourth-order valence-electron chi connectivity index (χ4n) is 4.36. The zero-order chi connectivity index (χ0) is 26.9. The van der Waals surface area contributed by atoms with E-state index in [9.17, 15) is 23.5 Å². The second-order valence-corrected chi connectivity index (χ2v) is 8.31. The van der Waals surface area contributed by atoms with Gasteiger partial charge in [-0.15, -0.1) is 0 Å². The van der Waals surface area contributed by atoms with Gasteiger partial charge in [-0.05, 0) is 55.8 Å². The zero-order valence-electron chi connectivity index (χ0n) is 20.7. The van der Waals surface area contributed by atoms with Gasteiger partial charge in [0.25, 0.3) is 11.7 Å². The number of aliphatic hydroxyl groups is 1. The lowest BCUT2D eigenvalue weighted by Gasteiger charge is -2.26. The maximum Gasteiger partial charge on any atom is 0.300 e. The van der Waals surface area contributed by atoms with E-state index in [0.29, 0.717) is 29.7 Å². The molecule has 1 unspecified atom stereocenters. The summed E-state index contributed by atoms with van der Waals surface area (Å²) in [5.74, 6) is -3.52. The Morgan fingerprint density at radius 2 is 1.65 bits per heavy atom. The summed E-state index contributed by atoms with van der Waals surface area (Å²) in [4.78, 5) is 27.6. The van der Waals surface area contributed by atoms with Crippen molar-refractivity contribution < 1.29 is 37.7 Å². The van der Waals surface area contributed by atoms with Crippen LogP contribution < -0.4 is 19.1 Å². The Hall–Kier alpha value is -4.40. The second kappa shape index (κ2) is 10.3. The lowest BCUT2D eigenvalue weighted by Crippen LogP contribution is -2.30. The smallest absolute Gasteiger partial charge is 0.300 e. The number of carbonyl (C=O) groups is 2. The second-order valence-electron chi connectivity index (χ2n) is 8.31. The Morgan fingerprint density at radius 1 is 0.946 bits per heavy atom. The number of aryl methyl sites for hydroxylation is 1. The van der Waals surface area contributed by atoms with Crippen LogP contribution in [0.25, 0.3) is 5.76 Å². The van der Waals surface area contributed by atoms with Crippen LogP contribution in [0.4, 0.5) is 14.5 Å². The van der Waals surface area contributed by atoms with Crippen molar-refractivity contribution in [3.05, 3.63) is 88.5 Å². The Morgan fingerprint density at radius 3 is 2.30 bits per heavy atom. The van der Waals surface area contributed by atoms with E-state index < -0.39 is 35.1 Å². The van der Waals surface area contributed by atoms with Crippen LogP contribution in [0.3, 0.4) is 0 Å². The number of hydrogen-bond donors (Lipinski definition) is 1. The molecule has 1 aliphatic heterocycles. The molecule has 1 saturated heterocycles. The summed E-state index contributed by atoms with van der Waals surface area (Å²) in [5, 5.41) is 11.4. The maximum atomic E-state index is 14.9. The molecule has 4 rings (SSSR count). The molecule has 9 heteroatoms. The van der Waals surface area contributed by atoms with Gasteiger partial charge in [0.15, 0.2) is 11.5 Å². The number of ether oxygens (including phenoxy) is 3. The van der Waals surface area contributed by atoms with Crippen LogP contribution in [0.5, 0.6) is 17.2 Å². The summed E-state index contributed by atoms with van der Waals surface area (Å²) in [6.45, 7) is 3.86. The van der Waals surface area contributed by atoms with Crippen molar-refractivity contribution in [1.82, 2.24) is 0 Å². The highest BCUT2D eigenvalue weighted by molar-refractivity contribution is 6.51. The van der Waals surface area contributed by atoms with Gasteiger partial charge in [-0.25, -0.2) is 8.78 Å². The highest BCUT2D eigenvalue weighted by atomic mass is 19.1. The Balaban J connectivity index is 2.03. The number of aliphatic hydroxyl groups excluding tert-OH is 1. The third-order valence-electron chi connectivity index (χ3n) is 6.03. The molecule has 1 aliphatic rings. The molecule has 0 bridgehead atoms. The highest BCUT2D eigenvalue weighted by Crippen LogP contribution is 2.45. The normalized spacial score (nSPS) is 16.7. The molecule has 0 radical (unpaired) electrons. The minimum Gasteiger partial charge on any atom is -0.507 e. The van der Waals surface area contributed by atoms with Crippen molar-refractivity contribution in [3.8, 4) is 17.2 Å². The average Bonchev–Trinajstić information content (AvgIpc) is 3.14. The first kappa shape index (κ1) is 25.7. The van der Waals surface area contributed by atoms with Crippen molar-refractivity contribution in [2.24, 2.45) is 0 Å². The SMILES string of the molecule is CCOc1cc(C2/C(=C(\O)c3cc(C)ccc3OC)C(=O)C(=O)N2c2ccc(F)cc2F)ccc1OC. The first-order valence-electron chi connectivity index (χ1n) is 11.4. The topological polar surface area (TPSA) is 85.3 Å². The molecule has 0 saturated carbocycles. The van der Waals surface area contributed by atoms with Crippen LogP contribution in [0.15, 0.2) is 60.2 Å². The summed E-state index contributed by atoms with van der Waals surface area (Å²) in [5.41, 5.74) is 0.674. The van der Waals surface area contributed by atoms with Gasteiger partial charge < -0.3 is 19.3 Å². The lowest BCUT2D eigenvalue weighted by atomic mass is 9.94. The van der Waals surface area contributed by atoms with Crippen molar-refractivity contribution in [2.45, 2.75) is 19.9 Å². The van der Waals surface area contributed by atoms with Crippen molar-refractivity contribution >= 4 is 23.1 Å². The molecule has 1 amide bonds. The van der Waals surface area contributed by atoms with Gasteiger partial charge in [0, 0.05) is 6.07 Å². The van der Waals surface area contributed by atoms with Gasteiger partial charge in [0.1, 0.15) is 23.1 Å². The van der Waals surface area contributed by atoms with Crippen LogP contribution >= 0.6 is 0 Å². The van der Waals surface area contributed by atoms with E-state index in [1.807, 2.05) is 0 Å². The largest absolute Gasteiger partial charge is 0.507 e. The fourth-order valence-corrected chi connectivity index (χ4v) is 4.36. The predicted molar refractivity (Wildman–Crippen MR) is 133 cm³/mol. The molecular formula is C28H25F2NO6. The van der Waals surface area contributed by atoms with Crippen LogP contribution in [-0.2, 0) is 9.59 Å². The van der Waals surface area contributed by atoms with Gasteiger partial charge in [0.2, 0.25) is 0 Å². The van der Waals surface area contributed by atoms with E-state index in [0.717, 1.165) is 22.6 Å². The molecule has 0 spiro atoms. The maximum absolute atomic E-state index is 14.9. The minimum atomic E-state index is -1.27. The average molecular weight is 510 g/mol. The minimum absolute atomic E-state index is 0.184. The lowest BCUT2D eigenvalue weighted by molar-refractivity contribution is -0.132. The van der Waals surface area contributed by atoms with Crippen LogP contribution in [0.1, 0.15) is 29.7 Å². The number of amides is 1. The van der Waals surface area contributed by atoms with Crippen molar-refractivity contribution in [2.75, 3.05) is 25.7 Å². The monoisotopic (exact) mass is 509 g/mol. The molecule has 7 nitrogen and oxygen atoms in total. The number of carbonyl (C=O) groups excluding carboxylic acids is 2. The number of hydrogen-bond acceptors (Lipinski definition) is 6. The summed E-state index contributed by atoms with van der Waals surface area (Å²) < 4.78 is 45.0. The fraction of sp³-hybridized carbons (Fsp3) is 0.214. The van der Waals surface area contributed by atoms with Crippen LogP contribution in [-0.4, -0.2) is 37.6 Å². The number of benzene rings is 3. The molecule has 192 valence electrons. The molecule has 0 aliphatic carbocycles. The number of ketones is 1. The molecule has 1 heterocycles. The van der Waals surface area contributed by atoms with E-state index >= 15 is 0 Å². The molecular weight excluding hydrogens is 484 g/mol. The van der Waals surface area contributed by atoms with Gasteiger partial charge in [-0.3, -0.25) is 14.5 Å². The van der Waals surface area contributed by atoms with Crippen molar-refractivity contribution in [1.29, 1.82) is 0 Å². The van der Waals surface area contributed by atoms with Gasteiger partial charge in [0.05, 0.1) is 43.7 Å². The van der Waals surface area contributed by atoms with E-state index in [1.165, 1.54) is 14.2 Å². The summed E-state index contributed by atoms with van der Waals surface area (Å²) in [6, 6.07) is 11.1.